The van der Waals surface area contributed by atoms with Gasteiger partial charge in [0.25, 0.3) is 0 Å². The molecule has 0 unspecified atom stereocenters. The highest BCUT2D eigenvalue weighted by molar-refractivity contribution is 5.22. The number of hydrogen-bond donors (Lipinski definition) is 1. The van der Waals surface area contributed by atoms with Crippen molar-refractivity contribution in [3.05, 3.63) is 29.6 Å². The first kappa shape index (κ1) is 10.5. The molecule has 0 aromatic carbocycles. The summed E-state index contributed by atoms with van der Waals surface area (Å²) in [6.45, 7) is 5.18. The number of rotatable bonds is 3. The molecule has 0 aliphatic carbocycles. The SMILES string of the molecule is NCc1ccncc1CN1CCOCC1. The van der Waals surface area contributed by atoms with Crippen LogP contribution in [-0.4, -0.2) is 36.2 Å². The van der Waals surface area contributed by atoms with Crippen LogP contribution < -0.4 is 5.73 Å². The predicted molar refractivity (Wildman–Crippen MR) is 58.2 cm³/mol. The number of nitrogens with zero attached hydrogens (tertiary/aromatic N) is 2. The maximum Gasteiger partial charge on any atom is 0.0594 e. The molecule has 1 aliphatic heterocycles. The van der Waals surface area contributed by atoms with Crippen molar-refractivity contribution in [1.29, 1.82) is 0 Å². The lowest BCUT2D eigenvalue weighted by molar-refractivity contribution is 0.0340. The van der Waals surface area contributed by atoms with E-state index in [-0.39, 0.29) is 0 Å². The highest BCUT2D eigenvalue weighted by atomic mass is 16.5. The van der Waals surface area contributed by atoms with Crippen LogP contribution >= 0.6 is 0 Å². The lowest BCUT2D eigenvalue weighted by Gasteiger charge is -2.27. The Kier molecular flexibility index (Phi) is 3.66. The minimum atomic E-state index is 0.586. The smallest absolute Gasteiger partial charge is 0.0594 e. The zero-order chi connectivity index (χ0) is 10.5. The van der Waals surface area contributed by atoms with E-state index >= 15 is 0 Å². The van der Waals surface area contributed by atoms with Gasteiger partial charge in [0.2, 0.25) is 0 Å². The number of ether oxygens (including phenoxy) is 1. The van der Waals surface area contributed by atoms with Crippen LogP contribution in [0.5, 0.6) is 0 Å². The van der Waals surface area contributed by atoms with E-state index in [0.29, 0.717) is 6.54 Å². The van der Waals surface area contributed by atoms with Crippen LogP contribution in [0.15, 0.2) is 18.5 Å². The molecule has 1 fully saturated rings. The molecule has 4 nitrogen and oxygen atoms in total. The van der Waals surface area contributed by atoms with Crippen LogP contribution in [0.4, 0.5) is 0 Å². The van der Waals surface area contributed by atoms with E-state index in [1.165, 1.54) is 11.1 Å². The van der Waals surface area contributed by atoms with E-state index in [4.69, 9.17) is 10.5 Å². The maximum atomic E-state index is 5.68. The summed E-state index contributed by atoms with van der Waals surface area (Å²) in [5, 5.41) is 0. The maximum absolute atomic E-state index is 5.68. The lowest BCUT2D eigenvalue weighted by atomic mass is 10.1. The fraction of sp³-hybridized carbons (Fsp3) is 0.545. The van der Waals surface area contributed by atoms with Gasteiger partial charge in [-0.15, -0.1) is 0 Å². The zero-order valence-corrected chi connectivity index (χ0v) is 8.85. The highest BCUT2D eigenvalue weighted by Crippen LogP contribution is 2.10. The zero-order valence-electron chi connectivity index (χ0n) is 8.85. The van der Waals surface area contributed by atoms with Gasteiger partial charge >= 0.3 is 0 Å². The third-order valence-electron chi connectivity index (χ3n) is 2.72. The summed E-state index contributed by atoms with van der Waals surface area (Å²) in [6.07, 6.45) is 3.71. The monoisotopic (exact) mass is 207 g/mol. The second kappa shape index (κ2) is 5.21. The van der Waals surface area contributed by atoms with Crippen molar-refractivity contribution in [3.8, 4) is 0 Å². The minimum absolute atomic E-state index is 0.586. The summed E-state index contributed by atoms with van der Waals surface area (Å²) in [4.78, 5) is 6.52. The largest absolute Gasteiger partial charge is 0.379 e. The number of pyridine rings is 1. The predicted octanol–water partition coefficient (Wildman–Crippen LogP) is 0.372. The molecule has 2 rings (SSSR count). The van der Waals surface area contributed by atoms with E-state index in [1.807, 2.05) is 12.3 Å². The van der Waals surface area contributed by atoms with Crippen molar-refractivity contribution in [2.45, 2.75) is 13.1 Å². The molecule has 0 radical (unpaired) electrons. The van der Waals surface area contributed by atoms with Crippen molar-refractivity contribution >= 4 is 0 Å². The standard InChI is InChI=1S/C11H17N3O/c12-7-10-1-2-13-8-11(10)9-14-3-5-15-6-4-14/h1-2,8H,3-7,9,12H2. The fourth-order valence-corrected chi connectivity index (χ4v) is 1.80. The van der Waals surface area contributed by atoms with Gasteiger partial charge in [-0.1, -0.05) is 0 Å². The number of aromatic nitrogens is 1. The number of nitrogens with two attached hydrogens (primary N) is 1. The average Bonchev–Trinajstić information content (AvgIpc) is 2.31. The van der Waals surface area contributed by atoms with Crippen LogP contribution in [0.3, 0.4) is 0 Å². The van der Waals surface area contributed by atoms with Crippen LogP contribution in [0, 0.1) is 0 Å². The molecule has 15 heavy (non-hydrogen) atoms. The number of morpholine rings is 1. The molecule has 1 saturated heterocycles. The van der Waals surface area contributed by atoms with Crippen molar-refractivity contribution < 1.29 is 4.74 Å². The second-order valence-corrected chi connectivity index (χ2v) is 3.74. The van der Waals surface area contributed by atoms with Crippen LogP contribution in [0.1, 0.15) is 11.1 Å². The van der Waals surface area contributed by atoms with Crippen LogP contribution in [0.2, 0.25) is 0 Å². The Morgan fingerprint density at radius 1 is 1.33 bits per heavy atom. The van der Waals surface area contributed by atoms with Gasteiger partial charge in [-0.05, 0) is 17.2 Å². The first-order valence-corrected chi connectivity index (χ1v) is 5.32. The molecule has 0 amide bonds. The van der Waals surface area contributed by atoms with Crippen LogP contribution in [-0.2, 0) is 17.8 Å². The third kappa shape index (κ3) is 2.75. The Morgan fingerprint density at radius 3 is 2.87 bits per heavy atom. The summed E-state index contributed by atoms with van der Waals surface area (Å²) in [5.41, 5.74) is 8.11. The summed E-state index contributed by atoms with van der Waals surface area (Å²) < 4.78 is 5.31. The molecule has 2 N–H and O–H groups in total. The fourth-order valence-electron chi connectivity index (χ4n) is 1.80. The lowest BCUT2D eigenvalue weighted by Crippen LogP contribution is -2.36. The minimum Gasteiger partial charge on any atom is -0.379 e. The van der Waals surface area contributed by atoms with E-state index < -0.39 is 0 Å². The van der Waals surface area contributed by atoms with Gasteiger partial charge in [0.15, 0.2) is 0 Å². The van der Waals surface area contributed by atoms with Crippen molar-refractivity contribution in [2.75, 3.05) is 26.3 Å². The highest BCUT2D eigenvalue weighted by Gasteiger charge is 2.12. The molecule has 0 atom stereocenters. The Hall–Kier alpha value is -0.970. The van der Waals surface area contributed by atoms with Gasteiger partial charge in [0, 0.05) is 38.6 Å². The summed E-state index contributed by atoms with van der Waals surface area (Å²) in [5.74, 6) is 0. The first-order chi connectivity index (χ1) is 7.40. The van der Waals surface area contributed by atoms with E-state index in [2.05, 4.69) is 9.88 Å². The van der Waals surface area contributed by atoms with Crippen molar-refractivity contribution in [2.24, 2.45) is 5.73 Å². The molecule has 0 spiro atoms. The average molecular weight is 207 g/mol. The quantitative estimate of drug-likeness (QED) is 0.778. The third-order valence-corrected chi connectivity index (χ3v) is 2.72. The van der Waals surface area contributed by atoms with E-state index in [0.717, 1.165) is 32.8 Å². The van der Waals surface area contributed by atoms with Gasteiger partial charge < -0.3 is 10.5 Å². The van der Waals surface area contributed by atoms with Crippen molar-refractivity contribution in [3.63, 3.8) is 0 Å². The summed E-state index contributed by atoms with van der Waals surface area (Å²) in [6, 6.07) is 2.00. The number of hydrogen-bond acceptors (Lipinski definition) is 4. The molecule has 0 saturated carbocycles. The van der Waals surface area contributed by atoms with Gasteiger partial charge in [0.1, 0.15) is 0 Å². The Bertz CT molecular complexity index is 310. The summed E-state index contributed by atoms with van der Waals surface area (Å²) in [7, 11) is 0. The Morgan fingerprint density at radius 2 is 2.13 bits per heavy atom. The van der Waals surface area contributed by atoms with Gasteiger partial charge in [-0.2, -0.15) is 0 Å². The van der Waals surface area contributed by atoms with Crippen LogP contribution in [0.25, 0.3) is 0 Å². The van der Waals surface area contributed by atoms with E-state index in [9.17, 15) is 0 Å². The van der Waals surface area contributed by atoms with E-state index in [1.54, 1.807) is 6.20 Å². The second-order valence-electron chi connectivity index (χ2n) is 3.74. The topological polar surface area (TPSA) is 51.4 Å². The molecular formula is C11H17N3O. The molecule has 1 aromatic heterocycles. The molecule has 4 heteroatoms. The normalized spacial score (nSPS) is 17.9. The van der Waals surface area contributed by atoms with Gasteiger partial charge in [0.05, 0.1) is 13.2 Å². The Labute approximate surface area is 90.0 Å². The van der Waals surface area contributed by atoms with Gasteiger partial charge in [-0.25, -0.2) is 0 Å². The molecule has 82 valence electrons. The molecule has 2 heterocycles. The van der Waals surface area contributed by atoms with Gasteiger partial charge in [-0.3, -0.25) is 9.88 Å². The molecular weight excluding hydrogens is 190 g/mol. The van der Waals surface area contributed by atoms with Crippen molar-refractivity contribution in [1.82, 2.24) is 9.88 Å². The summed E-state index contributed by atoms with van der Waals surface area (Å²) >= 11 is 0. The first-order valence-electron chi connectivity index (χ1n) is 5.32. The molecule has 0 bridgehead atoms. The Balaban J connectivity index is 2.02. The molecule has 1 aliphatic rings. The molecule has 1 aromatic rings.